The molecule has 22 heavy (non-hydrogen) atoms. The summed E-state index contributed by atoms with van der Waals surface area (Å²) in [7, 11) is 1.71. The lowest BCUT2D eigenvalue weighted by molar-refractivity contribution is -0.132. The molecule has 2 aromatic rings. The number of nitrogens with zero attached hydrogens (tertiary/aromatic N) is 1. The number of hydrogen-bond acceptors (Lipinski definition) is 3. The summed E-state index contributed by atoms with van der Waals surface area (Å²) in [6.45, 7) is 1.80. The summed E-state index contributed by atoms with van der Waals surface area (Å²) >= 11 is 0. The van der Waals surface area contributed by atoms with Crippen molar-refractivity contribution in [2.75, 3.05) is 26.8 Å². The largest absolute Gasteiger partial charge is 0.396 e. The third-order valence-electron chi connectivity index (χ3n) is 4.09. The number of H-pyrrole nitrogens is 1. The Morgan fingerprint density at radius 3 is 2.64 bits per heavy atom. The van der Waals surface area contributed by atoms with E-state index >= 15 is 0 Å². The van der Waals surface area contributed by atoms with Crippen molar-refractivity contribution in [2.24, 2.45) is 5.41 Å². The number of aromatic nitrogens is 1. The van der Waals surface area contributed by atoms with E-state index in [4.69, 9.17) is 0 Å². The Labute approximate surface area is 130 Å². The molecule has 5 nitrogen and oxygen atoms in total. The number of amides is 1. The number of fused-ring (bicyclic) bond motifs is 1. The Morgan fingerprint density at radius 2 is 1.95 bits per heavy atom. The zero-order valence-corrected chi connectivity index (χ0v) is 13.2. The van der Waals surface area contributed by atoms with Gasteiger partial charge in [0.1, 0.15) is 0 Å². The molecule has 0 bridgehead atoms. The van der Waals surface area contributed by atoms with Crippen molar-refractivity contribution in [3.63, 3.8) is 0 Å². The zero-order valence-electron chi connectivity index (χ0n) is 13.2. The first kappa shape index (κ1) is 16.5. The first-order valence-electron chi connectivity index (χ1n) is 7.50. The fourth-order valence-electron chi connectivity index (χ4n) is 2.58. The highest BCUT2D eigenvalue weighted by atomic mass is 16.3. The van der Waals surface area contributed by atoms with E-state index in [1.165, 1.54) is 0 Å². The molecule has 0 fully saturated rings. The Kier molecular flexibility index (Phi) is 5.21. The van der Waals surface area contributed by atoms with Gasteiger partial charge in [0.05, 0.1) is 13.2 Å². The standard InChI is InChI=1S/C17H24N2O3/c1-17(11-20,12-21)10-19(2)16(22)8-7-13-9-18-15-6-4-3-5-14(13)15/h3-6,9,18,20-21H,7-8,10-12H2,1-2H3. The van der Waals surface area contributed by atoms with Crippen LogP contribution >= 0.6 is 0 Å². The fourth-order valence-corrected chi connectivity index (χ4v) is 2.58. The molecule has 0 aliphatic rings. The smallest absolute Gasteiger partial charge is 0.222 e. The van der Waals surface area contributed by atoms with Crippen molar-refractivity contribution in [3.05, 3.63) is 36.0 Å². The topological polar surface area (TPSA) is 76.6 Å². The number of hydrogen-bond donors (Lipinski definition) is 3. The van der Waals surface area contributed by atoms with Gasteiger partial charge in [0.2, 0.25) is 5.91 Å². The molecule has 0 spiro atoms. The van der Waals surface area contributed by atoms with E-state index in [2.05, 4.69) is 4.98 Å². The molecule has 0 radical (unpaired) electrons. The van der Waals surface area contributed by atoms with Crippen molar-refractivity contribution >= 4 is 16.8 Å². The highest BCUT2D eigenvalue weighted by Crippen LogP contribution is 2.20. The van der Waals surface area contributed by atoms with Crippen LogP contribution in [-0.4, -0.2) is 52.8 Å². The van der Waals surface area contributed by atoms with Gasteiger partial charge in [0.25, 0.3) is 0 Å². The molecule has 1 aromatic heterocycles. The Morgan fingerprint density at radius 1 is 1.27 bits per heavy atom. The first-order valence-corrected chi connectivity index (χ1v) is 7.50. The second-order valence-corrected chi connectivity index (χ2v) is 6.24. The number of carbonyl (C=O) groups excluding carboxylic acids is 1. The highest BCUT2D eigenvalue weighted by Gasteiger charge is 2.26. The molecule has 0 atom stereocenters. The molecule has 1 heterocycles. The van der Waals surface area contributed by atoms with Gasteiger partial charge in [-0.2, -0.15) is 0 Å². The SMILES string of the molecule is CN(CC(C)(CO)CO)C(=O)CCc1c[nH]c2ccccc12. The minimum Gasteiger partial charge on any atom is -0.396 e. The molecular formula is C17H24N2O3. The molecule has 1 aromatic carbocycles. The Balaban J connectivity index is 1.95. The van der Waals surface area contributed by atoms with Gasteiger partial charge in [-0.3, -0.25) is 4.79 Å². The van der Waals surface area contributed by atoms with E-state index < -0.39 is 5.41 Å². The van der Waals surface area contributed by atoms with Crippen LogP contribution in [0.5, 0.6) is 0 Å². The number of aliphatic hydroxyl groups excluding tert-OH is 2. The van der Waals surface area contributed by atoms with E-state index in [0.717, 1.165) is 16.5 Å². The van der Waals surface area contributed by atoms with Crippen molar-refractivity contribution in [2.45, 2.75) is 19.8 Å². The summed E-state index contributed by atoms with van der Waals surface area (Å²) in [6, 6.07) is 8.03. The molecule has 5 heteroatoms. The predicted octanol–water partition coefficient (Wildman–Crippen LogP) is 1.55. The van der Waals surface area contributed by atoms with E-state index in [9.17, 15) is 15.0 Å². The molecule has 0 unspecified atom stereocenters. The number of benzene rings is 1. The van der Waals surface area contributed by atoms with Crippen LogP contribution in [0.2, 0.25) is 0 Å². The molecule has 120 valence electrons. The predicted molar refractivity (Wildman–Crippen MR) is 86.5 cm³/mol. The molecule has 0 saturated heterocycles. The molecule has 0 saturated carbocycles. The van der Waals surface area contributed by atoms with Crippen LogP contribution in [0.15, 0.2) is 30.5 Å². The summed E-state index contributed by atoms with van der Waals surface area (Å²) in [6.07, 6.45) is 3.02. The van der Waals surface area contributed by atoms with Crippen LogP contribution in [0, 0.1) is 5.41 Å². The Hall–Kier alpha value is -1.85. The van der Waals surface area contributed by atoms with Crippen molar-refractivity contribution < 1.29 is 15.0 Å². The molecular weight excluding hydrogens is 280 g/mol. The van der Waals surface area contributed by atoms with Crippen molar-refractivity contribution in [3.8, 4) is 0 Å². The van der Waals surface area contributed by atoms with E-state index in [1.54, 1.807) is 18.9 Å². The van der Waals surface area contributed by atoms with E-state index in [0.29, 0.717) is 19.4 Å². The summed E-state index contributed by atoms with van der Waals surface area (Å²) in [4.78, 5) is 17.0. The number of aliphatic hydroxyl groups is 2. The first-order chi connectivity index (χ1) is 10.5. The molecule has 1 amide bonds. The third kappa shape index (κ3) is 3.67. The summed E-state index contributed by atoms with van der Waals surface area (Å²) in [5.41, 5.74) is 1.54. The van der Waals surface area contributed by atoms with Gasteiger partial charge >= 0.3 is 0 Å². The lowest BCUT2D eigenvalue weighted by Gasteiger charge is -2.30. The Bertz CT molecular complexity index is 632. The summed E-state index contributed by atoms with van der Waals surface area (Å²) in [5, 5.41) is 19.8. The maximum Gasteiger partial charge on any atom is 0.222 e. The number of aryl methyl sites for hydroxylation is 1. The number of para-hydroxylation sites is 1. The zero-order chi connectivity index (χ0) is 16.2. The minimum absolute atomic E-state index is 0.0124. The molecule has 0 aliphatic heterocycles. The molecule has 0 aliphatic carbocycles. The van der Waals surface area contributed by atoms with Gasteiger partial charge < -0.3 is 20.1 Å². The maximum absolute atomic E-state index is 12.2. The van der Waals surface area contributed by atoms with Crippen molar-refractivity contribution in [1.82, 2.24) is 9.88 Å². The van der Waals surface area contributed by atoms with Gasteiger partial charge in [-0.25, -0.2) is 0 Å². The third-order valence-corrected chi connectivity index (χ3v) is 4.09. The quantitative estimate of drug-likeness (QED) is 0.726. The fraction of sp³-hybridized carbons (Fsp3) is 0.471. The summed E-state index contributed by atoms with van der Waals surface area (Å²) in [5.74, 6) is 0.0124. The number of carbonyl (C=O) groups is 1. The lowest BCUT2D eigenvalue weighted by atomic mass is 9.92. The maximum atomic E-state index is 12.2. The van der Waals surface area contributed by atoms with Crippen LogP contribution < -0.4 is 0 Å². The van der Waals surface area contributed by atoms with Gasteiger partial charge in [-0.05, 0) is 18.1 Å². The minimum atomic E-state index is -0.662. The summed E-state index contributed by atoms with van der Waals surface area (Å²) < 4.78 is 0. The van der Waals surface area contributed by atoms with Gasteiger partial charge in [0, 0.05) is 42.5 Å². The molecule has 2 rings (SSSR count). The van der Waals surface area contributed by atoms with Crippen LogP contribution in [-0.2, 0) is 11.2 Å². The lowest BCUT2D eigenvalue weighted by Crippen LogP contribution is -2.41. The number of nitrogens with one attached hydrogen (secondary N) is 1. The second-order valence-electron chi connectivity index (χ2n) is 6.24. The van der Waals surface area contributed by atoms with Crippen LogP contribution in [0.3, 0.4) is 0 Å². The number of aromatic amines is 1. The van der Waals surface area contributed by atoms with E-state index in [1.807, 2.05) is 30.5 Å². The average Bonchev–Trinajstić information content (AvgIpc) is 2.95. The van der Waals surface area contributed by atoms with Crippen LogP contribution in [0.4, 0.5) is 0 Å². The second kappa shape index (κ2) is 6.94. The highest BCUT2D eigenvalue weighted by molar-refractivity contribution is 5.84. The average molecular weight is 304 g/mol. The van der Waals surface area contributed by atoms with Crippen LogP contribution in [0.25, 0.3) is 10.9 Å². The van der Waals surface area contributed by atoms with Gasteiger partial charge in [-0.1, -0.05) is 25.1 Å². The number of rotatable bonds is 7. The van der Waals surface area contributed by atoms with E-state index in [-0.39, 0.29) is 19.1 Å². The van der Waals surface area contributed by atoms with Crippen LogP contribution in [0.1, 0.15) is 18.9 Å². The normalized spacial score (nSPS) is 11.8. The molecule has 3 N–H and O–H groups in total. The van der Waals surface area contributed by atoms with Gasteiger partial charge in [0.15, 0.2) is 0 Å². The van der Waals surface area contributed by atoms with Gasteiger partial charge in [-0.15, -0.1) is 0 Å². The van der Waals surface area contributed by atoms with Crippen molar-refractivity contribution in [1.29, 1.82) is 0 Å². The monoisotopic (exact) mass is 304 g/mol.